The lowest BCUT2D eigenvalue weighted by Crippen LogP contribution is -2.66. The summed E-state index contributed by atoms with van der Waals surface area (Å²) in [5.41, 5.74) is 1.00. The van der Waals surface area contributed by atoms with Gasteiger partial charge < -0.3 is 10.2 Å². The van der Waals surface area contributed by atoms with Crippen LogP contribution < -0.4 is 5.32 Å². The Morgan fingerprint density at radius 3 is 2.13 bits per heavy atom. The highest BCUT2D eigenvalue weighted by Gasteiger charge is 2.49. The van der Waals surface area contributed by atoms with Crippen LogP contribution in [0.1, 0.15) is 106 Å². The van der Waals surface area contributed by atoms with Gasteiger partial charge in [0.25, 0.3) is 5.91 Å². The lowest BCUT2D eigenvalue weighted by atomic mass is 9.80. The predicted octanol–water partition coefficient (Wildman–Crippen LogP) is 5.40. The SMILES string of the molecule is C[C@@]1(C(=O)NC2CCCCCCC2)Cc2ccccc2C(=O)N1C1CCCCCC1. The second-order valence-corrected chi connectivity index (χ2v) is 9.94. The van der Waals surface area contributed by atoms with Crippen molar-refractivity contribution in [1.82, 2.24) is 10.2 Å². The van der Waals surface area contributed by atoms with Gasteiger partial charge >= 0.3 is 0 Å². The lowest BCUT2D eigenvalue weighted by Gasteiger charge is -2.48. The Labute approximate surface area is 181 Å². The first-order valence-corrected chi connectivity index (χ1v) is 12.3. The summed E-state index contributed by atoms with van der Waals surface area (Å²) in [7, 11) is 0. The van der Waals surface area contributed by atoms with Gasteiger partial charge in [-0.2, -0.15) is 0 Å². The third-order valence-corrected chi connectivity index (χ3v) is 7.65. The van der Waals surface area contributed by atoms with Crippen molar-refractivity contribution in [1.29, 1.82) is 0 Å². The fourth-order valence-electron chi connectivity index (χ4n) is 5.91. The second kappa shape index (κ2) is 9.53. The van der Waals surface area contributed by atoms with E-state index in [2.05, 4.69) is 5.32 Å². The van der Waals surface area contributed by atoms with Crippen molar-refractivity contribution < 1.29 is 9.59 Å². The van der Waals surface area contributed by atoms with Gasteiger partial charge in [-0.05, 0) is 44.2 Å². The van der Waals surface area contributed by atoms with Gasteiger partial charge in [0.15, 0.2) is 0 Å². The van der Waals surface area contributed by atoms with Crippen molar-refractivity contribution >= 4 is 11.8 Å². The molecule has 2 aliphatic carbocycles. The van der Waals surface area contributed by atoms with E-state index in [-0.39, 0.29) is 23.9 Å². The number of carbonyl (C=O) groups is 2. The van der Waals surface area contributed by atoms with Crippen molar-refractivity contribution in [2.24, 2.45) is 0 Å². The Morgan fingerprint density at radius 1 is 0.900 bits per heavy atom. The van der Waals surface area contributed by atoms with Crippen LogP contribution in [0.2, 0.25) is 0 Å². The van der Waals surface area contributed by atoms with Crippen molar-refractivity contribution in [2.45, 2.75) is 114 Å². The summed E-state index contributed by atoms with van der Waals surface area (Å²) < 4.78 is 0. The fourth-order valence-corrected chi connectivity index (χ4v) is 5.91. The molecule has 2 amide bonds. The van der Waals surface area contributed by atoms with E-state index < -0.39 is 5.54 Å². The molecule has 4 heteroatoms. The van der Waals surface area contributed by atoms with Crippen LogP contribution in [0.5, 0.6) is 0 Å². The summed E-state index contributed by atoms with van der Waals surface area (Å²) >= 11 is 0. The highest BCUT2D eigenvalue weighted by molar-refractivity contribution is 6.02. The molecule has 30 heavy (non-hydrogen) atoms. The molecule has 0 unspecified atom stereocenters. The molecule has 0 radical (unpaired) electrons. The minimum absolute atomic E-state index is 0.0547. The van der Waals surface area contributed by atoms with Crippen LogP contribution in [0, 0.1) is 0 Å². The molecule has 164 valence electrons. The molecule has 1 aliphatic heterocycles. The number of nitrogens with zero attached hydrogens (tertiary/aromatic N) is 1. The topological polar surface area (TPSA) is 49.4 Å². The minimum atomic E-state index is -0.803. The Bertz CT molecular complexity index is 745. The van der Waals surface area contributed by atoms with Crippen molar-refractivity contribution in [3.05, 3.63) is 35.4 Å². The van der Waals surface area contributed by atoms with Gasteiger partial charge in [-0.15, -0.1) is 0 Å². The highest BCUT2D eigenvalue weighted by Crippen LogP contribution is 2.37. The molecule has 0 saturated heterocycles. The third-order valence-electron chi connectivity index (χ3n) is 7.65. The zero-order chi connectivity index (χ0) is 21.0. The van der Waals surface area contributed by atoms with E-state index in [4.69, 9.17) is 0 Å². The molecule has 0 bridgehead atoms. The zero-order valence-electron chi connectivity index (χ0n) is 18.6. The Morgan fingerprint density at radius 2 is 1.47 bits per heavy atom. The van der Waals surface area contributed by atoms with Crippen LogP contribution in [0.25, 0.3) is 0 Å². The van der Waals surface area contributed by atoms with Crippen LogP contribution in [0.4, 0.5) is 0 Å². The van der Waals surface area contributed by atoms with Crippen LogP contribution in [-0.2, 0) is 11.2 Å². The first-order chi connectivity index (χ1) is 14.6. The standard InChI is InChI=1S/C26H38N2O2/c1-26(25(30)27-21-14-7-3-2-4-8-15-21)19-20-13-11-12-18-23(20)24(29)28(26)22-16-9-5-6-10-17-22/h11-13,18,21-22H,2-10,14-17,19H2,1H3,(H,27,30)/t26-/m0/s1. The lowest BCUT2D eigenvalue weighted by molar-refractivity contribution is -0.134. The number of carbonyl (C=O) groups excluding carboxylic acids is 2. The predicted molar refractivity (Wildman–Crippen MR) is 120 cm³/mol. The van der Waals surface area contributed by atoms with Crippen LogP contribution >= 0.6 is 0 Å². The number of hydrogen-bond acceptors (Lipinski definition) is 2. The molecular formula is C26H38N2O2. The largest absolute Gasteiger partial charge is 0.351 e. The number of benzene rings is 1. The number of rotatable bonds is 3. The van der Waals surface area contributed by atoms with E-state index in [1.165, 1.54) is 44.9 Å². The number of fused-ring (bicyclic) bond motifs is 1. The Balaban J connectivity index is 1.62. The van der Waals surface area contributed by atoms with Crippen molar-refractivity contribution in [2.75, 3.05) is 0 Å². The van der Waals surface area contributed by atoms with Gasteiger partial charge in [-0.1, -0.05) is 76.0 Å². The van der Waals surface area contributed by atoms with E-state index in [9.17, 15) is 9.59 Å². The smallest absolute Gasteiger partial charge is 0.255 e. The normalized spacial score (nSPS) is 27.0. The van der Waals surface area contributed by atoms with Crippen LogP contribution in [-0.4, -0.2) is 34.3 Å². The van der Waals surface area contributed by atoms with Gasteiger partial charge in [0, 0.05) is 24.1 Å². The Kier molecular flexibility index (Phi) is 6.80. The molecule has 3 aliphatic rings. The van der Waals surface area contributed by atoms with Crippen LogP contribution in [0.15, 0.2) is 24.3 Å². The van der Waals surface area contributed by atoms with Gasteiger partial charge in [0.2, 0.25) is 5.91 Å². The molecule has 1 aromatic rings. The number of hydrogen-bond donors (Lipinski definition) is 1. The van der Waals surface area contributed by atoms with Gasteiger partial charge in [0.1, 0.15) is 5.54 Å². The van der Waals surface area contributed by atoms with Gasteiger partial charge in [-0.3, -0.25) is 9.59 Å². The second-order valence-electron chi connectivity index (χ2n) is 9.94. The molecule has 0 aromatic heterocycles. The summed E-state index contributed by atoms with van der Waals surface area (Å²) in [6.07, 6.45) is 15.8. The van der Waals surface area contributed by atoms with Gasteiger partial charge in [0.05, 0.1) is 0 Å². The van der Waals surface area contributed by atoms with E-state index in [0.29, 0.717) is 6.42 Å². The molecule has 4 nitrogen and oxygen atoms in total. The highest BCUT2D eigenvalue weighted by atomic mass is 16.2. The van der Waals surface area contributed by atoms with E-state index in [1.54, 1.807) is 0 Å². The number of nitrogens with one attached hydrogen (secondary N) is 1. The number of amides is 2. The monoisotopic (exact) mass is 410 g/mol. The first-order valence-electron chi connectivity index (χ1n) is 12.3. The average molecular weight is 411 g/mol. The molecule has 4 rings (SSSR count). The molecule has 1 atom stereocenters. The molecule has 1 heterocycles. The molecule has 0 spiro atoms. The van der Waals surface area contributed by atoms with Crippen LogP contribution in [0.3, 0.4) is 0 Å². The zero-order valence-corrected chi connectivity index (χ0v) is 18.6. The van der Waals surface area contributed by atoms with Crippen molar-refractivity contribution in [3.8, 4) is 0 Å². The van der Waals surface area contributed by atoms with Gasteiger partial charge in [-0.25, -0.2) is 0 Å². The average Bonchev–Trinajstić information content (AvgIpc) is 2.99. The fraction of sp³-hybridized carbons (Fsp3) is 0.692. The molecule has 1 N–H and O–H groups in total. The van der Waals surface area contributed by atoms with E-state index in [1.807, 2.05) is 36.1 Å². The molecular weight excluding hydrogens is 372 g/mol. The summed E-state index contributed by atoms with van der Waals surface area (Å²) in [5.74, 6) is 0.110. The minimum Gasteiger partial charge on any atom is -0.351 e. The summed E-state index contributed by atoms with van der Waals surface area (Å²) in [4.78, 5) is 29.5. The third kappa shape index (κ3) is 4.43. The maximum atomic E-state index is 13.8. The van der Waals surface area contributed by atoms with E-state index in [0.717, 1.165) is 49.7 Å². The summed E-state index contributed by atoms with van der Waals surface area (Å²) in [5, 5.41) is 3.40. The molecule has 2 saturated carbocycles. The maximum Gasteiger partial charge on any atom is 0.255 e. The molecule has 1 aromatic carbocycles. The summed E-state index contributed by atoms with van der Waals surface area (Å²) in [6.45, 7) is 2.02. The maximum absolute atomic E-state index is 13.8. The van der Waals surface area contributed by atoms with Crippen molar-refractivity contribution in [3.63, 3.8) is 0 Å². The quantitative estimate of drug-likeness (QED) is 0.679. The van der Waals surface area contributed by atoms with E-state index >= 15 is 0 Å². The summed E-state index contributed by atoms with van der Waals surface area (Å²) in [6, 6.07) is 8.31. The first kappa shape index (κ1) is 21.4. The Hall–Kier alpha value is -1.84. The molecule has 2 fully saturated rings.